The minimum atomic E-state index is -0.467. The number of halogens is 1. The van der Waals surface area contributed by atoms with Gasteiger partial charge in [0.2, 0.25) is 12.7 Å². The van der Waals surface area contributed by atoms with Gasteiger partial charge in [-0.25, -0.2) is 4.39 Å². The van der Waals surface area contributed by atoms with E-state index in [2.05, 4.69) is 15.5 Å². The van der Waals surface area contributed by atoms with E-state index in [-0.39, 0.29) is 18.5 Å². The molecule has 1 unspecified atom stereocenters. The maximum absolute atomic E-state index is 14.6. The van der Waals surface area contributed by atoms with Gasteiger partial charge in [-0.05, 0) is 55.8 Å². The van der Waals surface area contributed by atoms with Gasteiger partial charge in [0.15, 0.2) is 22.5 Å². The number of hydrogen-bond donors (Lipinski definition) is 1. The van der Waals surface area contributed by atoms with Gasteiger partial charge in [0, 0.05) is 12.2 Å². The van der Waals surface area contributed by atoms with Crippen molar-refractivity contribution >= 4 is 17.7 Å². The number of nitrogens with zero attached hydrogens (tertiary/aromatic N) is 3. The standard InChI is InChI=1S/C26H23FN4O3S/c1-16-7-10-19(11-8-16)31-24(20-5-3-4-6-21(20)27)29-30-26(31)35-17(2)25(32)28-14-18-9-12-22-23(13-18)34-15-33-22/h3-13,17H,14-15H2,1-2H3,(H,28,32). The number of carbonyl (C=O) groups excluding carboxylic acids is 1. The van der Waals surface area contributed by atoms with Crippen LogP contribution in [0.4, 0.5) is 4.39 Å². The Balaban J connectivity index is 1.36. The Kier molecular flexibility index (Phi) is 6.41. The van der Waals surface area contributed by atoms with Crippen LogP contribution in [0, 0.1) is 12.7 Å². The van der Waals surface area contributed by atoms with Gasteiger partial charge < -0.3 is 14.8 Å². The molecular weight excluding hydrogens is 467 g/mol. The Labute approximate surface area is 206 Å². The number of benzene rings is 3. The van der Waals surface area contributed by atoms with Gasteiger partial charge in [-0.3, -0.25) is 9.36 Å². The number of hydrogen-bond acceptors (Lipinski definition) is 6. The van der Waals surface area contributed by atoms with E-state index in [0.717, 1.165) is 16.8 Å². The number of rotatable bonds is 7. The molecule has 0 saturated heterocycles. The van der Waals surface area contributed by atoms with Crippen LogP contribution in [-0.2, 0) is 11.3 Å². The summed E-state index contributed by atoms with van der Waals surface area (Å²) in [7, 11) is 0. The van der Waals surface area contributed by atoms with E-state index >= 15 is 0 Å². The van der Waals surface area contributed by atoms with Crippen molar-refractivity contribution in [1.82, 2.24) is 20.1 Å². The van der Waals surface area contributed by atoms with Crippen LogP contribution in [0.5, 0.6) is 11.5 Å². The van der Waals surface area contributed by atoms with Crippen molar-refractivity contribution in [3.05, 3.63) is 83.7 Å². The van der Waals surface area contributed by atoms with Gasteiger partial charge >= 0.3 is 0 Å². The van der Waals surface area contributed by atoms with Gasteiger partial charge in [-0.15, -0.1) is 10.2 Å². The van der Waals surface area contributed by atoms with Crippen LogP contribution < -0.4 is 14.8 Å². The highest BCUT2D eigenvalue weighted by Crippen LogP contribution is 2.33. The minimum absolute atomic E-state index is 0.154. The van der Waals surface area contributed by atoms with Gasteiger partial charge in [0.25, 0.3) is 0 Å². The van der Waals surface area contributed by atoms with Crippen LogP contribution in [0.2, 0.25) is 0 Å². The Morgan fingerprint density at radius 3 is 2.66 bits per heavy atom. The van der Waals surface area contributed by atoms with Crippen molar-refractivity contribution in [3.8, 4) is 28.6 Å². The summed E-state index contributed by atoms with van der Waals surface area (Å²) in [5.41, 5.74) is 3.13. The Hall–Kier alpha value is -3.85. The first kappa shape index (κ1) is 22.9. The molecule has 1 aliphatic heterocycles. The first-order valence-corrected chi connectivity index (χ1v) is 12.0. The molecule has 1 N–H and O–H groups in total. The van der Waals surface area contributed by atoms with E-state index in [1.54, 1.807) is 29.7 Å². The second-order valence-electron chi connectivity index (χ2n) is 8.12. The molecule has 0 fully saturated rings. The molecular formula is C26H23FN4O3S. The molecule has 0 radical (unpaired) electrons. The summed E-state index contributed by atoms with van der Waals surface area (Å²) >= 11 is 1.26. The maximum Gasteiger partial charge on any atom is 0.233 e. The number of amides is 1. The lowest BCUT2D eigenvalue weighted by molar-refractivity contribution is -0.120. The molecule has 1 aliphatic rings. The molecule has 7 nitrogen and oxygen atoms in total. The number of nitrogens with one attached hydrogen (secondary N) is 1. The maximum atomic E-state index is 14.6. The first-order valence-electron chi connectivity index (χ1n) is 11.1. The smallest absolute Gasteiger partial charge is 0.233 e. The van der Waals surface area contributed by atoms with Crippen LogP contribution in [0.3, 0.4) is 0 Å². The lowest BCUT2D eigenvalue weighted by Gasteiger charge is -2.14. The quantitative estimate of drug-likeness (QED) is 0.371. The van der Waals surface area contributed by atoms with Crippen LogP contribution in [-0.4, -0.2) is 32.7 Å². The highest BCUT2D eigenvalue weighted by Gasteiger charge is 2.23. The zero-order valence-electron chi connectivity index (χ0n) is 19.2. The normalized spacial score (nSPS) is 13.0. The molecule has 1 aromatic heterocycles. The van der Waals surface area contributed by atoms with E-state index in [0.29, 0.717) is 34.6 Å². The monoisotopic (exact) mass is 490 g/mol. The van der Waals surface area contributed by atoms with Crippen molar-refractivity contribution in [2.45, 2.75) is 30.8 Å². The average Bonchev–Trinajstić information content (AvgIpc) is 3.50. The lowest BCUT2D eigenvalue weighted by Crippen LogP contribution is -2.30. The molecule has 3 aromatic carbocycles. The molecule has 2 heterocycles. The Morgan fingerprint density at radius 1 is 1.09 bits per heavy atom. The number of ether oxygens (including phenoxy) is 2. The second kappa shape index (κ2) is 9.79. The molecule has 0 saturated carbocycles. The van der Waals surface area contributed by atoms with Gasteiger partial charge in [0.05, 0.1) is 10.8 Å². The van der Waals surface area contributed by atoms with E-state index in [1.165, 1.54) is 17.8 Å². The van der Waals surface area contributed by atoms with Crippen LogP contribution in [0.1, 0.15) is 18.1 Å². The van der Waals surface area contributed by atoms with Crippen LogP contribution >= 0.6 is 11.8 Å². The highest BCUT2D eigenvalue weighted by molar-refractivity contribution is 8.00. The predicted molar refractivity (Wildman–Crippen MR) is 131 cm³/mol. The summed E-state index contributed by atoms with van der Waals surface area (Å²) in [5.74, 6) is 1.21. The van der Waals surface area contributed by atoms with Gasteiger partial charge in [-0.2, -0.15) is 0 Å². The summed E-state index contributed by atoms with van der Waals surface area (Å²) in [6.07, 6.45) is 0. The fraction of sp³-hybridized carbons (Fsp3) is 0.192. The van der Waals surface area contributed by atoms with Crippen molar-refractivity contribution in [2.24, 2.45) is 0 Å². The molecule has 0 aliphatic carbocycles. The topological polar surface area (TPSA) is 78.3 Å². The summed E-state index contributed by atoms with van der Waals surface area (Å²) in [4.78, 5) is 12.9. The third kappa shape index (κ3) is 4.85. The van der Waals surface area contributed by atoms with Crippen molar-refractivity contribution in [3.63, 3.8) is 0 Å². The predicted octanol–water partition coefficient (Wildman–Crippen LogP) is 4.91. The fourth-order valence-corrected chi connectivity index (χ4v) is 4.58. The third-order valence-corrected chi connectivity index (χ3v) is 6.64. The fourth-order valence-electron chi connectivity index (χ4n) is 3.69. The summed E-state index contributed by atoms with van der Waals surface area (Å²) in [6, 6.07) is 19.8. The third-order valence-electron chi connectivity index (χ3n) is 5.60. The van der Waals surface area contributed by atoms with Crippen molar-refractivity contribution < 1.29 is 18.7 Å². The van der Waals surface area contributed by atoms with Crippen LogP contribution in [0.25, 0.3) is 17.1 Å². The van der Waals surface area contributed by atoms with E-state index in [1.807, 2.05) is 49.4 Å². The lowest BCUT2D eigenvalue weighted by atomic mass is 10.2. The average molecular weight is 491 g/mol. The molecule has 9 heteroatoms. The molecule has 35 heavy (non-hydrogen) atoms. The highest BCUT2D eigenvalue weighted by atomic mass is 32.2. The van der Waals surface area contributed by atoms with Gasteiger partial charge in [-0.1, -0.05) is 47.7 Å². The SMILES string of the molecule is Cc1ccc(-n2c(SC(C)C(=O)NCc3ccc4c(c3)OCO4)nnc2-c2ccccc2F)cc1. The minimum Gasteiger partial charge on any atom is -0.454 e. The number of aryl methyl sites for hydroxylation is 1. The molecule has 178 valence electrons. The zero-order chi connectivity index (χ0) is 24.4. The summed E-state index contributed by atoms with van der Waals surface area (Å²) in [6.45, 7) is 4.35. The largest absolute Gasteiger partial charge is 0.454 e. The van der Waals surface area contributed by atoms with E-state index < -0.39 is 5.25 Å². The molecule has 4 aromatic rings. The van der Waals surface area contributed by atoms with E-state index in [4.69, 9.17) is 9.47 Å². The second-order valence-corrected chi connectivity index (χ2v) is 9.43. The molecule has 0 spiro atoms. The van der Waals surface area contributed by atoms with Gasteiger partial charge in [0.1, 0.15) is 5.82 Å². The summed E-state index contributed by atoms with van der Waals surface area (Å²) < 4.78 is 27.1. The van der Waals surface area contributed by atoms with Crippen molar-refractivity contribution in [2.75, 3.05) is 6.79 Å². The summed E-state index contributed by atoms with van der Waals surface area (Å²) in [5, 5.41) is 11.6. The zero-order valence-corrected chi connectivity index (χ0v) is 20.0. The van der Waals surface area contributed by atoms with E-state index in [9.17, 15) is 9.18 Å². The first-order chi connectivity index (χ1) is 17.0. The molecule has 0 bridgehead atoms. The Morgan fingerprint density at radius 2 is 1.86 bits per heavy atom. The number of carbonyl (C=O) groups is 1. The molecule has 1 amide bonds. The Bertz CT molecular complexity index is 1370. The number of thioether (sulfide) groups is 1. The van der Waals surface area contributed by atoms with Crippen molar-refractivity contribution in [1.29, 1.82) is 0 Å². The van der Waals surface area contributed by atoms with Crippen LogP contribution in [0.15, 0.2) is 71.9 Å². The molecule has 1 atom stereocenters. The number of aromatic nitrogens is 3. The number of fused-ring (bicyclic) bond motifs is 1. The molecule has 5 rings (SSSR count).